The topological polar surface area (TPSA) is 46.2 Å². The first-order chi connectivity index (χ1) is 7.13. The quantitative estimate of drug-likeness (QED) is 0.754. The molecule has 0 bridgehead atoms. The van der Waals surface area contributed by atoms with Gasteiger partial charge in [0.1, 0.15) is 12.1 Å². The molecule has 15 heavy (non-hydrogen) atoms. The molecule has 0 aliphatic rings. The minimum absolute atomic E-state index is 0.0507. The molecular weight excluding hydrogens is 197 g/mol. The molecule has 0 aliphatic heterocycles. The van der Waals surface area contributed by atoms with Crippen LogP contribution in [0, 0.1) is 5.82 Å². The molecule has 0 saturated carbocycles. The van der Waals surface area contributed by atoms with Crippen molar-refractivity contribution in [2.24, 2.45) is 0 Å². The highest BCUT2D eigenvalue weighted by molar-refractivity contribution is 5.81. The Balaban J connectivity index is 2.59. The number of carbonyl (C=O) groups excluding carboxylic acids is 2. The summed E-state index contributed by atoms with van der Waals surface area (Å²) in [6.07, 6.45) is 0.574. The third-order valence-electron chi connectivity index (χ3n) is 1.90. The Bertz CT molecular complexity index is 365. The predicted molar refractivity (Wildman–Crippen MR) is 53.8 cm³/mol. The van der Waals surface area contributed by atoms with E-state index in [0.717, 1.165) is 0 Å². The molecule has 0 heterocycles. The second kappa shape index (κ2) is 5.24. The van der Waals surface area contributed by atoms with Crippen molar-refractivity contribution in [3.05, 3.63) is 35.6 Å². The zero-order valence-electron chi connectivity index (χ0n) is 8.37. The summed E-state index contributed by atoms with van der Waals surface area (Å²) in [7, 11) is 0. The molecular formula is C11H12FNO2. The zero-order valence-corrected chi connectivity index (χ0v) is 8.37. The van der Waals surface area contributed by atoms with E-state index in [1.165, 1.54) is 6.07 Å². The molecule has 0 aliphatic carbocycles. The van der Waals surface area contributed by atoms with E-state index in [1.54, 1.807) is 25.1 Å². The average molecular weight is 209 g/mol. The highest BCUT2D eigenvalue weighted by atomic mass is 19.1. The van der Waals surface area contributed by atoms with Gasteiger partial charge in [0.05, 0.1) is 12.5 Å². The van der Waals surface area contributed by atoms with Gasteiger partial charge >= 0.3 is 0 Å². The van der Waals surface area contributed by atoms with Crippen molar-refractivity contribution in [1.82, 2.24) is 5.32 Å². The van der Waals surface area contributed by atoms with E-state index >= 15 is 0 Å². The van der Waals surface area contributed by atoms with Crippen LogP contribution in [-0.2, 0) is 16.0 Å². The summed E-state index contributed by atoms with van der Waals surface area (Å²) in [6.45, 7) is 1.56. The summed E-state index contributed by atoms with van der Waals surface area (Å²) >= 11 is 0. The van der Waals surface area contributed by atoms with Crippen molar-refractivity contribution in [2.75, 3.05) is 0 Å². The van der Waals surface area contributed by atoms with E-state index in [1.807, 2.05) is 0 Å². The van der Waals surface area contributed by atoms with Gasteiger partial charge in [0.25, 0.3) is 0 Å². The summed E-state index contributed by atoms with van der Waals surface area (Å²) in [5.41, 5.74) is 0.327. The molecule has 0 radical (unpaired) electrons. The highest BCUT2D eigenvalue weighted by Crippen LogP contribution is 2.06. The molecule has 4 heteroatoms. The second-order valence-electron chi connectivity index (χ2n) is 3.26. The first-order valence-electron chi connectivity index (χ1n) is 4.61. The van der Waals surface area contributed by atoms with Crippen molar-refractivity contribution >= 4 is 12.2 Å². The fourth-order valence-corrected chi connectivity index (χ4v) is 1.15. The van der Waals surface area contributed by atoms with E-state index in [4.69, 9.17) is 0 Å². The molecule has 0 unspecified atom stereocenters. The maximum Gasteiger partial charge on any atom is 0.225 e. The number of hydrogen-bond donors (Lipinski definition) is 1. The van der Waals surface area contributed by atoms with Gasteiger partial charge in [0, 0.05) is 0 Å². The molecule has 1 N–H and O–H groups in total. The lowest BCUT2D eigenvalue weighted by atomic mass is 10.1. The Morgan fingerprint density at radius 2 is 2.20 bits per heavy atom. The largest absolute Gasteiger partial charge is 0.347 e. The van der Waals surface area contributed by atoms with Crippen LogP contribution in [-0.4, -0.2) is 18.2 Å². The van der Waals surface area contributed by atoms with Crippen LogP contribution in [0.4, 0.5) is 4.39 Å². The van der Waals surface area contributed by atoms with Crippen molar-refractivity contribution in [3.63, 3.8) is 0 Å². The second-order valence-corrected chi connectivity index (χ2v) is 3.26. The zero-order chi connectivity index (χ0) is 11.3. The van der Waals surface area contributed by atoms with Gasteiger partial charge < -0.3 is 10.1 Å². The third kappa shape index (κ3) is 3.50. The van der Waals surface area contributed by atoms with Crippen molar-refractivity contribution in [2.45, 2.75) is 19.4 Å². The minimum Gasteiger partial charge on any atom is -0.347 e. The molecule has 0 aromatic heterocycles. The fraction of sp³-hybridized carbons (Fsp3) is 0.273. The van der Waals surface area contributed by atoms with E-state index in [0.29, 0.717) is 11.8 Å². The lowest BCUT2D eigenvalue weighted by Gasteiger charge is -2.07. The fourth-order valence-electron chi connectivity index (χ4n) is 1.15. The Morgan fingerprint density at radius 3 is 2.80 bits per heavy atom. The van der Waals surface area contributed by atoms with Gasteiger partial charge in [-0.2, -0.15) is 0 Å². The maximum atomic E-state index is 13.1. The average Bonchev–Trinajstić information content (AvgIpc) is 2.21. The van der Waals surface area contributed by atoms with Gasteiger partial charge in [-0.05, 0) is 18.6 Å². The van der Waals surface area contributed by atoms with E-state index in [2.05, 4.69) is 5.32 Å². The van der Waals surface area contributed by atoms with Gasteiger partial charge in [-0.15, -0.1) is 0 Å². The Kier molecular flexibility index (Phi) is 3.97. The molecule has 1 atom stereocenters. The van der Waals surface area contributed by atoms with Crippen LogP contribution in [0.25, 0.3) is 0 Å². The number of halogens is 1. The first-order valence-corrected chi connectivity index (χ1v) is 4.61. The summed E-state index contributed by atoms with van der Waals surface area (Å²) < 4.78 is 13.1. The maximum absolute atomic E-state index is 13.1. The standard InChI is InChI=1S/C11H12FNO2/c1-8(7-14)13-11(15)6-9-4-2-3-5-10(9)12/h2-5,7-8H,6H2,1H3,(H,13,15)/t8-/m0/s1. The summed E-state index contributed by atoms with van der Waals surface area (Å²) in [5, 5.41) is 2.43. The van der Waals surface area contributed by atoms with Crippen LogP contribution >= 0.6 is 0 Å². The molecule has 1 aromatic carbocycles. The van der Waals surface area contributed by atoms with Crippen LogP contribution < -0.4 is 5.32 Å². The molecule has 1 rings (SSSR count). The Hall–Kier alpha value is -1.71. The van der Waals surface area contributed by atoms with Crippen molar-refractivity contribution in [1.29, 1.82) is 0 Å². The number of carbonyl (C=O) groups is 2. The number of nitrogens with one attached hydrogen (secondary N) is 1. The number of benzene rings is 1. The molecule has 0 saturated heterocycles. The van der Waals surface area contributed by atoms with Gasteiger partial charge in [-0.3, -0.25) is 4.79 Å². The summed E-state index contributed by atoms with van der Waals surface area (Å²) in [6, 6.07) is 5.52. The van der Waals surface area contributed by atoms with E-state index in [-0.39, 0.29) is 12.3 Å². The van der Waals surface area contributed by atoms with Crippen LogP contribution in [0.3, 0.4) is 0 Å². The Morgan fingerprint density at radius 1 is 1.53 bits per heavy atom. The monoisotopic (exact) mass is 209 g/mol. The van der Waals surface area contributed by atoms with Crippen LogP contribution in [0.15, 0.2) is 24.3 Å². The first kappa shape index (κ1) is 11.4. The lowest BCUT2D eigenvalue weighted by molar-refractivity contribution is -0.123. The summed E-state index contributed by atoms with van der Waals surface area (Å²) in [5.74, 6) is -0.772. The van der Waals surface area contributed by atoms with E-state index in [9.17, 15) is 14.0 Å². The van der Waals surface area contributed by atoms with E-state index < -0.39 is 11.9 Å². The smallest absolute Gasteiger partial charge is 0.225 e. The SMILES string of the molecule is C[C@@H](C=O)NC(=O)Cc1ccccc1F. The Labute approximate surface area is 87.3 Å². The molecule has 0 spiro atoms. The van der Waals surface area contributed by atoms with Gasteiger partial charge in [-0.25, -0.2) is 4.39 Å². The number of aldehydes is 1. The molecule has 80 valence electrons. The molecule has 1 aromatic rings. The number of amides is 1. The van der Waals surface area contributed by atoms with Crippen LogP contribution in [0.2, 0.25) is 0 Å². The lowest BCUT2D eigenvalue weighted by Crippen LogP contribution is -2.34. The third-order valence-corrected chi connectivity index (χ3v) is 1.90. The van der Waals surface area contributed by atoms with Crippen LogP contribution in [0.5, 0.6) is 0 Å². The molecule has 3 nitrogen and oxygen atoms in total. The van der Waals surface area contributed by atoms with Crippen molar-refractivity contribution < 1.29 is 14.0 Å². The van der Waals surface area contributed by atoms with Crippen molar-refractivity contribution in [3.8, 4) is 0 Å². The predicted octanol–water partition coefficient (Wildman–Crippen LogP) is 1.07. The molecule has 0 fully saturated rings. The number of rotatable bonds is 4. The molecule has 1 amide bonds. The minimum atomic E-state index is -0.538. The number of hydrogen-bond acceptors (Lipinski definition) is 2. The normalized spacial score (nSPS) is 11.9. The van der Waals surface area contributed by atoms with Gasteiger partial charge in [0.2, 0.25) is 5.91 Å². The summed E-state index contributed by atoms with van der Waals surface area (Å²) in [4.78, 5) is 21.6. The highest BCUT2D eigenvalue weighted by Gasteiger charge is 2.09. The van der Waals surface area contributed by atoms with Gasteiger partial charge in [-0.1, -0.05) is 18.2 Å². The van der Waals surface area contributed by atoms with Crippen LogP contribution in [0.1, 0.15) is 12.5 Å². The van der Waals surface area contributed by atoms with Gasteiger partial charge in [0.15, 0.2) is 0 Å².